The lowest BCUT2D eigenvalue weighted by Crippen LogP contribution is -2.61. The number of hydrogen-bond acceptors (Lipinski definition) is 6. The van der Waals surface area contributed by atoms with Crippen LogP contribution in [0.5, 0.6) is 0 Å². The van der Waals surface area contributed by atoms with Crippen LogP contribution in [0.25, 0.3) is 0 Å². The van der Waals surface area contributed by atoms with Crippen molar-refractivity contribution in [2.75, 3.05) is 24.5 Å². The first-order valence-corrected chi connectivity index (χ1v) is 15.6. The number of rotatable bonds is 7. The molecule has 9 nitrogen and oxygen atoms in total. The quantitative estimate of drug-likeness (QED) is 0.464. The molecule has 4 bridgehead atoms. The van der Waals surface area contributed by atoms with Gasteiger partial charge in [0, 0.05) is 32.7 Å². The van der Waals surface area contributed by atoms with Crippen LogP contribution in [0, 0.1) is 29.5 Å². The number of aryl methyl sites for hydroxylation is 1. The lowest BCUT2D eigenvalue weighted by molar-refractivity contribution is -0.136. The number of nitrogens with zero attached hydrogens (tertiary/aromatic N) is 3. The van der Waals surface area contributed by atoms with E-state index in [0.29, 0.717) is 54.5 Å². The van der Waals surface area contributed by atoms with Crippen LogP contribution in [-0.2, 0) is 17.1 Å². The molecule has 1 aromatic heterocycles. The summed E-state index contributed by atoms with van der Waals surface area (Å²) in [7, 11) is -2.16. The number of nitrogens with one attached hydrogen (secondary N) is 2. The fraction of sp³-hybridized carbons (Fsp3) is 0.630. The summed E-state index contributed by atoms with van der Waals surface area (Å²) < 4.78 is 43.2. The largest absolute Gasteiger partial charge is 0.390 e. The summed E-state index contributed by atoms with van der Waals surface area (Å²) in [5.74, 6) is 0.859. The Balaban J connectivity index is 1.07. The first kappa shape index (κ1) is 27.0. The van der Waals surface area contributed by atoms with Crippen molar-refractivity contribution in [2.45, 2.75) is 61.5 Å². The molecule has 1 aliphatic heterocycles. The van der Waals surface area contributed by atoms with E-state index in [2.05, 4.69) is 20.0 Å². The van der Waals surface area contributed by atoms with Crippen LogP contribution in [0.3, 0.4) is 0 Å². The van der Waals surface area contributed by atoms with E-state index in [1.54, 1.807) is 11.7 Å². The summed E-state index contributed by atoms with van der Waals surface area (Å²) in [6, 6.07) is 5.38. The maximum absolute atomic E-state index is 14.0. The molecule has 3 N–H and O–H groups in total. The third-order valence-electron chi connectivity index (χ3n) is 9.32. The molecule has 1 aromatic carbocycles. The van der Waals surface area contributed by atoms with Gasteiger partial charge in [0.25, 0.3) is 5.91 Å². The monoisotopic (exact) mass is 579 g/mol. The minimum atomic E-state index is -3.93. The molecule has 1 amide bonds. The second-order valence-corrected chi connectivity index (χ2v) is 14.1. The van der Waals surface area contributed by atoms with Gasteiger partial charge in [-0.05, 0) is 80.8 Å². The maximum atomic E-state index is 14.0. The van der Waals surface area contributed by atoms with Crippen molar-refractivity contribution in [3.8, 4) is 0 Å². The molecule has 39 heavy (non-hydrogen) atoms. The van der Waals surface area contributed by atoms with Crippen LogP contribution < -0.4 is 14.9 Å². The van der Waals surface area contributed by atoms with Crippen molar-refractivity contribution in [1.82, 2.24) is 19.8 Å². The van der Waals surface area contributed by atoms with E-state index in [0.717, 1.165) is 38.2 Å². The van der Waals surface area contributed by atoms with Crippen molar-refractivity contribution in [2.24, 2.45) is 30.7 Å². The highest BCUT2D eigenvalue weighted by molar-refractivity contribution is 7.89. The SMILES string of the molecule is Cn1nc(C(=O)NC2C3CC4CC2CC(O)(C4)C3)c(Cl)c1N1CCC(CNS(=O)(=O)c2ccccc2F)CC1. The van der Waals surface area contributed by atoms with Gasteiger partial charge in [0.1, 0.15) is 21.6 Å². The number of piperidine rings is 1. The van der Waals surface area contributed by atoms with Gasteiger partial charge in [0.05, 0.1) is 5.60 Å². The van der Waals surface area contributed by atoms with Crippen LogP contribution in [0.1, 0.15) is 55.4 Å². The van der Waals surface area contributed by atoms with Gasteiger partial charge in [-0.3, -0.25) is 9.48 Å². The molecule has 1 saturated heterocycles. The van der Waals surface area contributed by atoms with Gasteiger partial charge in [0.2, 0.25) is 10.0 Å². The number of hydrogen-bond donors (Lipinski definition) is 3. The Morgan fingerprint density at radius 1 is 1.18 bits per heavy atom. The molecule has 212 valence electrons. The highest BCUT2D eigenvalue weighted by Gasteiger charge is 2.55. The van der Waals surface area contributed by atoms with E-state index < -0.39 is 21.4 Å². The molecule has 5 fully saturated rings. The molecule has 2 aromatic rings. The number of aromatic nitrogens is 2. The van der Waals surface area contributed by atoms with Crippen molar-refractivity contribution < 1.29 is 22.7 Å². The standard InChI is InChI=1S/C27H35ClFN5O4S/c1-33-26(34-8-6-16(7-9-34)15-30-39(37,38)21-5-3-2-4-20(21)29)22(28)24(32-33)25(35)31-23-18-10-17-11-19(23)14-27(36,12-17)13-18/h2-5,16-19,23,30,36H,6-15H2,1H3,(H,31,35). The first-order valence-electron chi connectivity index (χ1n) is 13.8. The van der Waals surface area contributed by atoms with Gasteiger partial charge < -0.3 is 15.3 Å². The number of sulfonamides is 1. The van der Waals surface area contributed by atoms with E-state index >= 15 is 0 Å². The second kappa shape index (κ2) is 10.0. The van der Waals surface area contributed by atoms with Gasteiger partial charge in [-0.25, -0.2) is 17.5 Å². The van der Waals surface area contributed by atoms with Crippen LogP contribution >= 0.6 is 11.6 Å². The van der Waals surface area contributed by atoms with E-state index in [9.17, 15) is 22.7 Å². The summed E-state index contributed by atoms with van der Waals surface area (Å²) >= 11 is 6.74. The zero-order chi connectivity index (χ0) is 27.5. The topological polar surface area (TPSA) is 117 Å². The fourth-order valence-electron chi connectivity index (χ4n) is 7.73. The Morgan fingerprint density at radius 3 is 2.49 bits per heavy atom. The molecule has 4 aliphatic carbocycles. The Labute approximate surface area is 233 Å². The zero-order valence-corrected chi connectivity index (χ0v) is 23.5. The van der Waals surface area contributed by atoms with Crippen molar-refractivity contribution >= 4 is 33.3 Å². The van der Waals surface area contributed by atoms with Crippen molar-refractivity contribution in [3.05, 3.63) is 40.8 Å². The predicted molar refractivity (Wildman–Crippen MR) is 145 cm³/mol. The van der Waals surface area contributed by atoms with Crippen LogP contribution in [0.15, 0.2) is 29.2 Å². The number of amides is 1. The minimum absolute atomic E-state index is 0.0414. The average Bonchev–Trinajstić information content (AvgIpc) is 3.18. The summed E-state index contributed by atoms with van der Waals surface area (Å²) in [6.07, 6.45) is 5.91. The molecule has 5 aliphatic rings. The van der Waals surface area contributed by atoms with Gasteiger partial charge in [-0.1, -0.05) is 23.7 Å². The number of anilines is 1. The highest BCUT2D eigenvalue weighted by Crippen LogP contribution is 2.55. The van der Waals surface area contributed by atoms with E-state index in [-0.39, 0.29) is 35.0 Å². The summed E-state index contributed by atoms with van der Waals surface area (Å²) in [4.78, 5) is 15.0. The zero-order valence-electron chi connectivity index (χ0n) is 21.9. The number of benzene rings is 1. The molecule has 4 saturated carbocycles. The first-order chi connectivity index (χ1) is 18.5. The lowest BCUT2D eigenvalue weighted by Gasteiger charge is -2.58. The van der Waals surface area contributed by atoms with Gasteiger partial charge >= 0.3 is 0 Å². The fourth-order valence-corrected chi connectivity index (χ4v) is 9.29. The molecule has 2 unspecified atom stereocenters. The molecule has 0 spiro atoms. The average molecular weight is 580 g/mol. The predicted octanol–water partition coefficient (Wildman–Crippen LogP) is 3.08. The lowest BCUT2D eigenvalue weighted by atomic mass is 9.52. The van der Waals surface area contributed by atoms with Gasteiger partial charge in [-0.15, -0.1) is 0 Å². The Kier molecular flexibility index (Phi) is 6.92. The summed E-state index contributed by atoms with van der Waals surface area (Å²) in [5, 5.41) is 18.8. The molecular weight excluding hydrogens is 545 g/mol. The molecule has 2 heterocycles. The summed E-state index contributed by atoms with van der Waals surface area (Å²) in [6.45, 7) is 1.47. The van der Waals surface area contributed by atoms with Crippen molar-refractivity contribution in [1.29, 1.82) is 0 Å². The van der Waals surface area contributed by atoms with E-state index in [4.69, 9.17) is 11.6 Å². The van der Waals surface area contributed by atoms with Gasteiger partial charge in [-0.2, -0.15) is 5.10 Å². The molecular formula is C27H35ClFN5O4S. The number of aliphatic hydroxyl groups is 1. The second-order valence-electron chi connectivity index (χ2n) is 12.0. The Bertz CT molecular complexity index is 1360. The van der Waals surface area contributed by atoms with Crippen LogP contribution in [-0.4, -0.2) is 60.5 Å². The molecule has 0 radical (unpaired) electrons. The van der Waals surface area contributed by atoms with E-state index in [1.807, 2.05) is 0 Å². The number of carbonyl (C=O) groups is 1. The molecule has 12 heteroatoms. The molecule has 7 rings (SSSR count). The summed E-state index contributed by atoms with van der Waals surface area (Å²) in [5.41, 5.74) is -0.349. The smallest absolute Gasteiger partial charge is 0.273 e. The van der Waals surface area contributed by atoms with Gasteiger partial charge in [0.15, 0.2) is 5.69 Å². The number of carbonyl (C=O) groups excluding carboxylic acids is 1. The third-order valence-corrected chi connectivity index (χ3v) is 11.1. The Morgan fingerprint density at radius 2 is 1.85 bits per heavy atom. The Hall–Kier alpha value is -2.21. The van der Waals surface area contributed by atoms with E-state index in [1.165, 1.54) is 18.2 Å². The normalized spacial score (nSPS) is 30.6. The van der Waals surface area contributed by atoms with Crippen LogP contribution in [0.4, 0.5) is 10.2 Å². The minimum Gasteiger partial charge on any atom is -0.390 e. The molecule has 2 atom stereocenters. The number of halogens is 2. The van der Waals surface area contributed by atoms with Crippen LogP contribution in [0.2, 0.25) is 5.02 Å². The maximum Gasteiger partial charge on any atom is 0.273 e. The third kappa shape index (κ3) is 5.07. The van der Waals surface area contributed by atoms with Crippen molar-refractivity contribution in [3.63, 3.8) is 0 Å². The highest BCUT2D eigenvalue weighted by atomic mass is 35.5.